The summed E-state index contributed by atoms with van der Waals surface area (Å²) in [5.74, 6) is 0.873. The van der Waals surface area contributed by atoms with Crippen molar-refractivity contribution in [1.29, 1.82) is 0 Å². The molecule has 0 amide bonds. The van der Waals surface area contributed by atoms with E-state index in [1.807, 2.05) is 6.07 Å². The molecule has 0 bridgehead atoms. The van der Waals surface area contributed by atoms with Crippen LogP contribution in [0.25, 0.3) is 0 Å². The molecule has 2 rings (SSSR count). The van der Waals surface area contributed by atoms with Crippen molar-refractivity contribution in [2.45, 2.75) is 25.9 Å². The molecule has 1 fully saturated rings. The highest BCUT2D eigenvalue weighted by Gasteiger charge is 2.19. The van der Waals surface area contributed by atoms with Gasteiger partial charge in [0.05, 0.1) is 6.10 Å². The number of aromatic nitrogens is 2. The zero-order valence-corrected chi connectivity index (χ0v) is 10.2. The van der Waals surface area contributed by atoms with Gasteiger partial charge in [0.15, 0.2) is 0 Å². The van der Waals surface area contributed by atoms with Gasteiger partial charge in [-0.15, -0.1) is 0 Å². The Labute approximate surface area is 101 Å². The zero-order valence-electron chi connectivity index (χ0n) is 9.40. The third-order valence-electron chi connectivity index (χ3n) is 2.77. The van der Waals surface area contributed by atoms with E-state index >= 15 is 0 Å². The lowest BCUT2D eigenvalue weighted by molar-refractivity contribution is 0.115. The van der Waals surface area contributed by atoms with Crippen LogP contribution in [0.1, 0.15) is 19.8 Å². The summed E-state index contributed by atoms with van der Waals surface area (Å²) < 4.78 is 5.62. The van der Waals surface area contributed by atoms with Crippen LogP contribution in [0.4, 0.5) is 5.82 Å². The van der Waals surface area contributed by atoms with E-state index in [4.69, 9.17) is 16.3 Å². The summed E-state index contributed by atoms with van der Waals surface area (Å²) >= 11 is 5.78. The van der Waals surface area contributed by atoms with Crippen LogP contribution in [0.3, 0.4) is 0 Å². The summed E-state index contributed by atoms with van der Waals surface area (Å²) in [5.41, 5.74) is 0. The molecule has 0 aliphatic carbocycles. The second-order valence-electron chi connectivity index (χ2n) is 3.86. The first-order chi connectivity index (χ1) is 7.79. The van der Waals surface area contributed by atoms with Crippen molar-refractivity contribution in [3.63, 3.8) is 0 Å². The molecule has 0 radical (unpaired) electrons. The van der Waals surface area contributed by atoms with Crippen molar-refractivity contribution in [3.05, 3.63) is 17.5 Å². The van der Waals surface area contributed by atoms with E-state index in [1.165, 1.54) is 0 Å². The number of halogens is 1. The fraction of sp³-hybridized carbons (Fsp3) is 0.636. The van der Waals surface area contributed by atoms with Gasteiger partial charge in [0.25, 0.3) is 0 Å². The Morgan fingerprint density at radius 1 is 1.62 bits per heavy atom. The van der Waals surface area contributed by atoms with Gasteiger partial charge in [-0.05, 0) is 37.4 Å². The molecular weight excluding hydrogens is 226 g/mol. The molecule has 0 aromatic carbocycles. The Balaban J connectivity index is 2.03. The minimum absolute atomic E-state index is 0.295. The van der Waals surface area contributed by atoms with E-state index in [0.717, 1.165) is 38.4 Å². The maximum absolute atomic E-state index is 5.78. The summed E-state index contributed by atoms with van der Waals surface area (Å²) in [4.78, 5) is 10.3. The van der Waals surface area contributed by atoms with Gasteiger partial charge < -0.3 is 9.64 Å². The number of nitrogens with zero attached hydrogens (tertiary/aromatic N) is 3. The van der Waals surface area contributed by atoms with E-state index in [9.17, 15) is 0 Å². The lowest BCUT2D eigenvalue weighted by Crippen LogP contribution is -2.32. The van der Waals surface area contributed by atoms with Crippen molar-refractivity contribution < 1.29 is 4.74 Å². The molecule has 5 heteroatoms. The average molecular weight is 242 g/mol. The molecule has 1 aliphatic heterocycles. The Hall–Kier alpha value is -0.870. The van der Waals surface area contributed by atoms with Crippen LogP contribution in [0.2, 0.25) is 5.28 Å². The molecule has 0 spiro atoms. The Kier molecular flexibility index (Phi) is 3.96. The average Bonchev–Trinajstić information content (AvgIpc) is 2.78. The second kappa shape index (κ2) is 5.46. The minimum atomic E-state index is 0.295. The molecule has 2 heterocycles. The third kappa shape index (κ3) is 2.83. The fourth-order valence-corrected chi connectivity index (χ4v) is 2.06. The van der Waals surface area contributed by atoms with Crippen LogP contribution in [0.15, 0.2) is 12.3 Å². The molecule has 1 atom stereocenters. The Morgan fingerprint density at radius 3 is 3.12 bits per heavy atom. The monoisotopic (exact) mass is 241 g/mol. The molecule has 1 aliphatic rings. The van der Waals surface area contributed by atoms with Crippen LogP contribution in [0.5, 0.6) is 0 Å². The Morgan fingerprint density at radius 2 is 2.50 bits per heavy atom. The van der Waals surface area contributed by atoms with Gasteiger partial charge >= 0.3 is 0 Å². The summed E-state index contributed by atoms with van der Waals surface area (Å²) in [7, 11) is 0. The number of hydrogen-bond acceptors (Lipinski definition) is 4. The fourth-order valence-electron chi connectivity index (χ4n) is 1.92. The maximum Gasteiger partial charge on any atom is 0.224 e. The molecule has 1 unspecified atom stereocenters. The lowest BCUT2D eigenvalue weighted by Gasteiger charge is -2.24. The van der Waals surface area contributed by atoms with E-state index in [1.54, 1.807) is 6.20 Å². The van der Waals surface area contributed by atoms with Gasteiger partial charge in [-0.2, -0.15) is 0 Å². The van der Waals surface area contributed by atoms with Crippen LogP contribution in [0, 0.1) is 0 Å². The Bertz CT molecular complexity index is 342. The summed E-state index contributed by atoms with van der Waals surface area (Å²) in [6, 6.07) is 1.88. The van der Waals surface area contributed by atoms with Crippen LogP contribution < -0.4 is 4.90 Å². The highest BCUT2D eigenvalue weighted by atomic mass is 35.5. The standard InChI is InChI=1S/C11H16ClN3O/c1-2-15(8-9-4-3-7-16-9)10-5-6-13-11(12)14-10/h5-6,9H,2-4,7-8H2,1H3. The summed E-state index contributed by atoms with van der Waals surface area (Å²) in [5, 5.41) is 0.295. The predicted molar refractivity (Wildman–Crippen MR) is 63.9 cm³/mol. The molecule has 0 saturated carbocycles. The normalized spacial score (nSPS) is 20.0. The lowest BCUT2D eigenvalue weighted by atomic mass is 10.2. The molecule has 1 aromatic heterocycles. The molecule has 4 nitrogen and oxygen atoms in total. The van der Waals surface area contributed by atoms with E-state index in [2.05, 4.69) is 21.8 Å². The number of rotatable bonds is 4. The number of likely N-dealkylation sites (N-methyl/N-ethyl adjacent to an activating group) is 1. The van der Waals surface area contributed by atoms with E-state index < -0.39 is 0 Å². The molecule has 1 aromatic rings. The highest BCUT2D eigenvalue weighted by Crippen LogP contribution is 2.17. The second-order valence-corrected chi connectivity index (χ2v) is 4.20. The van der Waals surface area contributed by atoms with Crippen LogP contribution >= 0.6 is 11.6 Å². The van der Waals surface area contributed by atoms with Gasteiger partial charge in [-0.1, -0.05) is 0 Å². The minimum Gasteiger partial charge on any atom is -0.376 e. The van der Waals surface area contributed by atoms with Gasteiger partial charge in [0.2, 0.25) is 5.28 Å². The molecule has 1 saturated heterocycles. The van der Waals surface area contributed by atoms with Crippen LogP contribution in [-0.2, 0) is 4.74 Å². The van der Waals surface area contributed by atoms with Crippen molar-refractivity contribution in [1.82, 2.24) is 9.97 Å². The SMILES string of the molecule is CCN(CC1CCCO1)c1ccnc(Cl)n1. The zero-order chi connectivity index (χ0) is 11.4. The molecule has 88 valence electrons. The van der Waals surface area contributed by atoms with Gasteiger partial charge in [0, 0.05) is 25.9 Å². The van der Waals surface area contributed by atoms with Gasteiger partial charge in [0.1, 0.15) is 5.82 Å². The van der Waals surface area contributed by atoms with Gasteiger partial charge in [-0.3, -0.25) is 0 Å². The quantitative estimate of drug-likeness (QED) is 0.757. The molecule has 0 N–H and O–H groups in total. The van der Waals surface area contributed by atoms with Gasteiger partial charge in [-0.25, -0.2) is 9.97 Å². The van der Waals surface area contributed by atoms with Crippen molar-refractivity contribution in [3.8, 4) is 0 Å². The highest BCUT2D eigenvalue weighted by molar-refractivity contribution is 6.28. The van der Waals surface area contributed by atoms with E-state index in [-0.39, 0.29) is 0 Å². The van der Waals surface area contributed by atoms with Crippen molar-refractivity contribution >= 4 is 17.4 Å². The number of hydrogen-bond donors (Lipinski definition) is 0. The first-order valence-electron chi connectivity index (χ1n) is 5.64. The van der Waals surface area contributed by atoms with E-state index in [0.29, 0.717) is 11.4 Å². The largest absolute Gasteiger partial charge is 0.376 e. The first-order valence-corrected chi connectivity index (χ1v) is 6.02. The predicted octanol–water partition coefficient (Wildman–Crippen LogP) is 2.14. The first kappa shape index (κ1) is 11.6. The van der Waals surface area contributed by atoms with Crippen LogP contribution in [-0.4, -0.2) is 35.8 Å². The third-order valence-corrected chi connectivity index (χ3v) is 2.95. The summed E-state index contributed by atoms with van der Waals surface area (Å²) in [6.45, 7) is 4.76. The molecular formula is C11H16ClN3O. The molecule has 16 heavy (non-hydrogen) atoms. The van der Waals surface area contributed by atoms with Crippen molar-refractivity contribution in [2.75, 3.05) is 24.6 Å². The number of anilines is 1. The maximum atomic E-state index is 5.78. The van der Waals surface area contributed by atoms with Crippen molar-refractivity contribution in [2.24, 2.45) is 0 Å². The topological polar surface area (TPSA) is 38.2 Å². The smallest absolute Gasteiger partial charge is 0.224 e. The number of ether oxygens (including phenoxy) is 1. The summed E-state index contributed by atoms with van der Waals surface area (Å²) in [6.07, 6.45) is 4.30.